The average molecular weight is 425 g/mol. The third-order valence-electron chi connectivity index (χ3n) is 4.67. The monoisotopic (exact) mass is 424 g/mol. The summed E-state index contributed by atoms with van der Waals surface area (Å²) in [5, 5.41) is 0.862. The summed E-state index contributed by atoms with van der Waals surface area (Å²) in [6.07, 6.45) is 8.56. The number of hydrogen-bond acceptors (Lipinski definition) is 5. The second-order valence-electron chi connectivity index (χ2n) is 8.00. The van der Waals surface area contributed by atoms with Gasteiger partial charge in [-0.05, 0) is 70.9 Å². The van der Waals surface area contributed by atoms with Crippen LogP contribution in [0.15, 0.2) is 74.5 Å². The molecule has 0 saturated heterocycles. The van der Waals surface area contributed by atoms with Crippen LogP contribution in [0.2, 0.25) is 0 Å². The van der Waals surface area contributed by atoms with Crippen molar-refractivity contribution >= 4 is 16.9 Å². The van der Waals surface area contributed by atoms with E-state index in [0.29, 0.717) is 24.4 Å². The molecule has 5 heteroatoms. The number of allylic oxidation sites excluding steroid dienone is 3. The van der Waals surface area contributed by atoms with Gasteiger partial charge >= 0.3 is 11.6 Å². The van der Waals surface area contributed by atoms with E-state index >= 15 is 0 Å². The fourth-order valence-corrected chi connectivity index (χ4v) is 3.18. The lowest BCUT2D eigenvalue weighted by Crippen LogP contribution is -2.14. The van der Waals surface area contributed by atoms with Crippen LogP contribution < -0.4 is 10.4 Å². The molecule has 2 aromatic rings. The minimum absolute atomic E-state index is 0.213. The molecule has 0 fully saturated rings. The van der Waals surface area contributed by atoms with E-state index in [4.69, 9.17) is 13.9 Å². The molecular formula is C26H32O5. The molecule has 0 aliphatic rings. The quantitative estimate of drug-likeness (QED) is 0.261. The Morgan fingerprint density at radius 3 is 2.48 bits per heavy atom. The largest absolute Gasteiger partial charge is 0.489 e. The summed E-state index contributed by atoms with van der Waals surface area (Å²) in [4.78, 5) is 22.6. The zero-order chi connectivity index (χ0) is 22.8. The van der Waals surface area contributed by atoms with E-state index in [-0.39, 0.29) is 17.7 Å². The van der Waals surface area contributed by atoms with Crippen molar-refractivity contribution in [3.63, 3.8) is 0 Å². The second-order valence-corrected chi connectivity index (χ2v) is 8.00. The van der Waals surface area contributed by atoms with Crippen LogP contribution in [0.25, 0.3) is 11.0 Å². The molecule has 1 aromatic carbocycles. The van der Waals surface area contributed by atoms with Gasteiger partial charge in [0, 0.05) is 30.9 Å². The number of fused-ring (bicyclic) bond motifs is 1. The zero-order valence-corrected chi connectivity index (χ0v) is 19.1. The van der Waals surface area contributed by atoms with E-state index in [9.17, 15) is 9.59 Å². The maximum atomic E-state index is 11.4. The lowest BCUT2D eigenvalue weighted by atomic mass is 10.0. The highest BCUT2D eigenvalue weighted by Gasteiger charge is 2.09. The number of carbonyl (C=O) groups excluding carboxylic acids is 1. The molecule has 0 spiro atoms. The lowest BCUT2D eigenvalue weighted by molar-refractivity contribution is -0.144. The van der Waals surface area contributed by atoms with Gasteiger partial charge in [-0.3, -0.25) is 4.79 Å². The van der Waals surface area contributed by atoms with Crippen LogP contribution in [0, 0.1) is 0 Å². The minimum Gasteiger partial charge on any atom is -0.489 e. The fourth-order valence-electron chi connectivity index (χ4n) is 3.18. The molecule has 1 unspecified atom stereocenters. The molecule has 0 bridgehead atoms. The Morgan fingerprint density at radius 1 is 1.03 bits per heavy atom. The molecule has 0 radical (unpaired) electrons. The van der Waals surface area contributed by atoms with Gasteiger partial charge < -0.3 is 13.9 Å². The number of carbonyl (C=O) groups is 1. The number of esters is 1. The Kier molecular flexibility index (Phi) is 9.32. The van der Waals surface area contributed by atoms with Crippen LogP contribution in [-0.2, 0) is 9.53 Å². The van der Waals surface area contributed by atoms with E-state index in [1.165, 1.54) is 24.1 Å². The lowest BCUT2D eigenvalue weighted by Gasteiger charge is -2.14. The van der Waals surface area contributed by atoms with Gasteiger partial charge in [-0.25, -0.2) is 4.79 Å². The van der Waals surface area contributed by atoms with E-state index < -0.39 is 0 Å². The average Bonchev–Trinajstić information content (AvgIpc) is 2.66. The van der Waals surface area contributed by atoms with Crippen molar-refractivity contribution in [2.75, 3.05) is 6.61 Å². The summed E-state index contributed by atoms with van der Waals surface area (Å²) in [7, 11) is 0. The molecule has 0 aliphatic heterocycles. The van der Waals surface area contributed by atoms with Gasteiger partial charge in [0.1, 0.15) is 24.0 Å². The van der Waals surface area contributed by atoms with E-state index in [1.807, 2.05) is 32.1 Å². The van der Waals surface area contributed by atoms with Crippen LogP contribution in [0.5, 0.6) is 5.75 Å². The number of hydrogen-bond donors (Lipinski definition) is 0. The van der Waals surface area contributed by atoms with E-state index in [1.54, 1.807) is 12.1 Å². The van der Waals surface area contributed by atoms with Crippen molar-refractivity contribution in [1.82, 2.24) is 0 Å². The first kappa shape index (κ1) is 24.2. The van der Waals surface area contributed by atoms with E-state index in [2.05, 4.69) is 26.0 Å². The second kappa shape index (κ2) is 11.9. The fraction of sp³-hybridized carbons (Fsp3) is 0.385. The smallest absolute Gasteiger partial charge is 0.336 e. The van der Waals surface area contributed by atoms with Gasteiger partial charge in [-0.1, -0.05) is 22.8 Å². The Balaban J connectivity index is 1.83. The van der Waals surface area contributed by atoms with Gasteiger partial charge in [0.15, 0.2) is 0 Å². The van der Waals surface area contributed by atoms with Crippen molar-refractivity contribution in [1.29, 1.82) is 0 Å². The molecule has 0 saturated carbocycles. The minimum atomic E-state index is -0.372. The predicted molar refractivity (Wildman–Crippen MR) is 124 cm³/mol. The summed E-state index contributed by atoms with van der Waals surface area (Å²) < 4.78 is 16.3. The van der Waals surface area contributed by atoms with E-state index in [0.717, 1.165) is 23.8 Å². The first-order valence-corrected chi connectivity index (χ1v) is 10.5. The van der Waals surface area contributed by atoms with Gasteiger partial charge in [-0.15, -0.1) is 0 Å². The zero-order valence-electron chi connectivity index (χ0n) is 19.1. The van der Waals surface area contributed by atoms with Gasteiger partial charge in [0.25, 0.3) is 0 Å². The van der Waals surface area contributed by atoms with Crippen molar-refractivity contribution in [2.24, 2.45) is 0 Å². The van der Waals surface area contributed by atoms with Crippen molar-refractivity contribution in [2.45, 2.75) is 60.0 Å². The topological polar surface area (TPSA) is 65.7 Å². The van der Waals surface area contributed by atoms with Crippen molar-refractivity contribution in [3.8, 4) is 5.75 Å². The number of ether oxygens (including phenoxy) is 2. The van der Waals surface area contributed by atoms with Gasteiger partial charge in [0.2, 0.25) is 0 Å². The first-order valence-electron chi connectivity index (χ1n) is 10.5. The molecular weight excluding hydrogens is 392 g/mol. The number of rotatable bonds is 10. The normalized spacial score (nSPS) is 13.1. The van der Waals surface area contributed by atoms with Crippen molar-refractivity contribution < 1.29 is 18.7 Å². The summed E-state index contributed by atoms with van der Waals surface area (Å²) in [6, 6.07) is 8.61. The van der Waals surface area contributed by atoms with Crippen LogP contribution >= 0.6 is 0 Å². The van der Waals surface area contributed by atoms with Crippen LogP contribution in [0.3, 0.4) is 0 Å². The molecule has 166 valence electrons. The van der Waals surface area contributed by atoms with Crippen LogP contribution in [-0.4, -0.2) is 18.7 Å². The molecule has 0 amide bonds. The summed E-state index contributed by atoms with van der Waals surface area (Å²) >= 11 is 0. The predicted octanol–water partition coefficient (Wildman–Crippen LogP) is 6.13. The molecule has 0 aliphatic carbocycles. The highest BCUT2D eigenvalue weighted by atomic mass is 16.5. The molecule has 1 heterocycles. The highest BCUT2D eigenvalue weighted by Crippen LogP contribution is 2.20. The summed E-state index contributed by atoms with van der Waals surface area (Å²) in [5.74, 6) is 0.403. The number of benzene rings is 1. The molecule has 2 rings (SSSR count). The molecule has 31 heavy (non-hydrogen) atoms. The Bertz CT molecular complexity index is 1040. The SMILES string of the molecule is CC(=O)OC(C=C(C)C)C/C(C)=C/CC/C(C)=C/COc1ccc2ccc(=O)oc2c1. The summed E-state index contributed by atoms with van der Waals surface area (Å²) in [6.45, 7) is 10.0. The molecule has 0 N–H and O–H groups in total. The maximum absolute atomic E-state index is 11.4. The Labute approximate surface area is 184 Å². The maximum Gasteiger partial charge on any atom is 0.336 e. The van der Waals surface area contributed by atoms with Crippen molar-refractivity contribution in [3.05, 3.63) is 75.7 Å². The Hall–Kier alpha value is -3.08. The van der Waals surface area contributed by atoms with Crippen LogP contribution in [0.4, 0.5) is 0 Å². The first-order chi connectivity index (χ1) is 14.7. The van der Waals surface area contributed by atoms with Crippen LogP contribution in [0.1, 0.15) is 53.9 Å². The van der Waals surface area contributed by atoms with Gasteiger partial charge in [0.05, 0.1) is 0 Å². The third-order valence-corrected chi connectivity index (χ3v) is 4.67. The highest BCUT2D eigenvalue weighted by molar-refractivity contribution is 5.77. The third kappa shape index (κ3) is 9.08. The van der Waals surface area contributed by atoms with Gasteiger partial charge in [-0.2, -0.15) is 0 Å². The standard InChI is InChI=1S/C26H32O5/c1-18(2)15-24(30-21(5)27)16-20(4)8-6-7-19(3)13-14-29-23-11-9-22-10-12-26(28)31-25(22)17-23/h8-13,15,17,24H,6-7,14,16H2,1-5H3/b19-13+,20-8+. The summed E-state index contributed by atoms with van der Waals surface area (Å²) in [5.41, 5.74) is 3.71. The molecule has 1 aromatic heterocycles. The molecule has 1 atom stereocenters. The Morgan fingerprint density at radius 2 is 1.77 bits per heavy atom. The molecule has 5 nitrogen and oxygen atoms in total.